The van der Waals surface area contributed by atoms with Gasteiger partial charge in [-0.1, -0.05) is 25.1 Å². The first-order chi connectivity index (χ1) is 9.29. The van der Waals surface area contributed by atoms with Crippen LogP contribution in [0.15, 0.2) is 41.3 Å². The monoisotopic (exact) mass is 289 g/mol. The van der Waals surface area contributed by atoms with E-state index >= 15 is 0 Å². The maximum Gasteiger partial charge on any atom is 0.0492 e. The molecule has 2 aromatic rings. The minimum Gasteiger partial charge on any atom is -0.309 e. The third-order valence-electron chi connectivity index (χ3n) is 3.63. The lowest BCUT2D eigenvalue weighted by atomic mass is 9.92. The third kappa shape index (κ3) is 2.60. The normalized spacial score (nSPS) is 19.4. The minimum absolute atomic E-state index is 0.458. The summed E-state index contributed by atoms with van der Waals surface area (Å²) in [6.07, 6.45) is 0. The summed E-state index contributed by atoms with van der Waals surface area (Å²) < 4.78 is 0. The summed E-state index contributed by atoms with van der Waals surface area (Å²) in [7, 11) is 0. The van der Waals surface area contributed by atoms with E-state index in [1.807, 2.05) is 23.1 Å². The molecule has 0 fully saturated rings. The van der Waals surface area contributed by atoms with E-state index in [1.165, 1.54) is 26.0 Å². The van der Waals surface area contributed by atoms with E-state index in [-0.39, 0.29) is 0 Å². The maximum absolute atomic E-state index is 3.69. The molecule has 0 saturated carbocycles. The second-order valence-corrected chi connectivity index (χ2v) is 7.32. The first-order valence-corrected chi connectivity index (χ1v) is 8.61. The van der Waals surface area contributed by atoms with E-state index < -0.39 is 0 Å². The van der Waals surface area contributed by atoms with E-state index in [1.54, 1.807) is 0 Å². The largest absolute Gasteiger partial charge is 0.309 e. The molecule has 1 aliphatic heterocycles. The van der Waals surface area contributed by atoms with Crippen molar-refractivity contribution in [2.75, 3.05) is 12.3 Å². The van der Waals surface area contributed by atoms with Crippen molar-refractivity contribution >= 4 is 23.1 Å². The van der Waals surface area contributed by atoms with Crippen molar-refractivity contribution in [1.82, 2.24) is 5.32 Å². The Morgan fingerprint density at radius 1 is 1.26 bits per heavy atom. The van der Waals surface area contributed by atoms with Gasteiger partial charge < -0.3 is 5.32 Å². The first kappa shape index (κ1) is 13.2. The smallest absolute Gasteiger partial charge is 0.0492 e. The molecule has 1 N–H and O–H groups in total. The average Bonchev–Trinajstić information content (AvgIpc) is 3.03. The van der Waals surface area contributed by atoms with Crippen LogP contribution in [0.2, 0.25) is 0 Å². The van der Waals surface area contributed by atoms with Gasteiger partial charge in [0.05, 0.1) is 0 Å². The topological polar surface area (TPSA) is 12.0 Å². The Morgan fingerprint density at radius 3 is 2.84 bits per heavy atom. The van der Waals surface area contributed by atoms with Crippen LogP contribution in [0, 0.1) is 6.92 Å². The summed E-state index contributed by atoms with van der Waals surface area (Å²) in [6.45, 7) is 5.40. The summed E-state index contributed by atoms with van der Waals surface area (Å²) in [4.78, 5) is 4.34. The molecule has 0 radical (unpaired) electrons. The number of hydrogen-bond acceptors (Lipinski definition) is 3. The van der Waals surface area contributed by atoms with E-state index in [0.29, 0.717) is 12.0 Å². The second-order valence-electron chi connectivity index (χ2n) is 4.94. The second kappa shape index (κ2) is 5.70. The molecule has 0 saturated heterocycles. The van der Waals surface area contributed by atoms with Crippen molar-refractivity contribution in [3.05, 3.63) is 51.7 Å². The highest BCUT2D eigenvalue weighted by molar-refractivity contribution is 7.99. The van der Waals surface area contributed by atoms with E-state index in [9.17, 15) is 0 Å². The molecule has 0 aliphatic carbocycles. The molecular formula is C16H19NS2. The lowest BCUT2D eigenvalue weighted by Gasteiger charge is -2.23. The lowest BCUT2D eigenvalue weighted by Crippen LogP contribution is -2.26. The van der Waals surface area contributed by atoms with Crippen LogP contribution < -0.4 is 5.32 Å². The number of nitrogens with one attached hydrogen (secondary N) is 1. The Kier molecular flexibility index (Phi) is 3.96. The Morgan fingerprint density at radius 2 is 2.11 bits per heavy atom. The Balaban J connectivity index is 1.94. The van der Waals surface area contributed by atoms with Crippen LogP contribution in [-0.2, 0) is 0 Å². The first-order valence-electron chi connectivity index (χ1n) is 6.81. The molecule has 2 unspecified atom stereocenters. The summed E-state index contributed by atoms with van der Waals surface area (Å²) in [5, 5.41) is 3.69. The molecule has 100 valence electrons. The molecule has 1 aromatic heterocycles. The number of thioether (sulfide) groups is 1. The quantitative estimate of drug-likeness (QED) is 0.883. The van der Waals surface area contributed by atoms with Gasteiger partial charge in [-0.05, 0) is 37.2 Å². The lowest BCUT2D eigenvalue weighted by molar-refractivity contribution is 0.492. The number of thiophene rings is 1. The Labute approximate surface area is 123 Å². The highest BCUT2D eigenvalue weighted by Gasteiger charge is 2.31. The van der Waals surface area contributed by atoms with Crippen LogP contribution in [0.1, 0.15) is 34.2 Å². The van der Waals surface area contributed by atoms with E-state index in [2.05, 4.69) is 55.6 Å². The molecule has 2 atom stereocenters. The highest BCUT2D eigenvalue weighted by Crippen LogP contribution is 2.46. The molecule has 1 nitrogen and oxygen atoms in total. The number of rotatable bonds is 4. The summed E-state index contributed by atoms with van der Waals surface area (Å²) in [5.41, 5.74) is 1.52. The van der Waals surface area contributed by atoms with Gasteiger partial charge in [0.25, 0.3) is 0 Å². The van der Waals surface area contributed by atoms with Gasteiger partial charge in [0, 0.05) is 32.4 Å². The highest BCUT2D eigenvalue weighted by atomic mass is 32.2. The SMILES string of the molecule is CCNC(c1ccc(C)s1)C1CSc2ccccc21. The van der Waals surface area contributed by atoms with Crippen LogP contribution in [-0.4, -0.2) is 12.3 Å². The summed E-state index contributed by atoms with van der Waals surface area (Å²) in [5.74, 6) is 1.78. The Bertz CT molecular complexity index is 561. The van der Waals surface area contributed by atoms with Gasteiger partial charge in [-0.3, -0.25) is 0 Å². The molecular weight excluding hydrogens is 270 g/mol. The molecule has 2 heterocycles. The molecule has 0 spiro atoms. The van der Waals surface area contributed by atoms with Gasteiger partial charge >= 0.3 is 0 Å². The van der Waals surface area contributed by atoms with Gasteiger partial charge in [0.15, 0.2) is 0 Å². The number of benzene rings is 1. The van der Waals surface area contributed by atoms with Crippen LogP contribution in [0.3, 0.4) is 0 Å². The molecule has 1 aliphatic rings. The molecule has 0 amide bonds. The van der Waals surface area contributed by atoms with Crippen molar-refractivity contribution in [3.63, 3.8) is 0 Å². The molecule has 3 rings (SSSR count). The number of likely N-dealkylation sites (N-methyl/N-ethyl adjacent to an activating group) is 1. The van der Waals surface area contributed by atoms with E-state index in [4.69, 9.17) is 0 Å². The fourth-order valence-electron chi connectivity index (χ4n) is 2.75. The van der Waals surface area contributed by atoms with Crippen LogP contribution in [0.4, 0.5) is 0 Å². The minimum atomic E-state index is 0.458. The predicted octanol–water partition coefficient (Wildman–Crippen LogP) is 4.60. The molecule has 0 bridgehead atoms. The van der Waals surface area contributed by atoms with Crippen LogP contribution in [0.5, 0.6) is 0 Å². The third-order valence-corrected chi connectivity index (χ3v) is 5.92. The maximum atomic E-state index is 3.69. The fraction of sp³-hybridized carbons (Fsp3) is 0.375. The van der Waals surface area contributed by atoms with Crippen LogP contribution >= 0.6 is 23.1 Å². The number of hydrogen-bond donors (Lipinski definition) is 1. The van der Waals surface area contributed by atoms with E-state index in [0.717, 1.165) is 6.54 Å². The zero-order chi connectivity index (χ0) is 13.2. The summed E-state index contributed by atoms with van der Waals surface area (Å²) >= 11 is 3.92. The Hall–Kier alpha value is -0.770. The van der Waals surface area contributed by atoms with Crippen molar-refractivity contribution in [3.8, 4) is 0 Å². The molecule has 3 heteroatoms. The predicted molar refractivity (Wildman–Crippen MR) is 85.4 cm³/mol. The molecule has 19 heavy (non-hydrogen) atoms. The van der Waals surface area contributed by atoms with Gasteiger partial charge in [-0.2, -0.15) is 0 Å². The van der Waals surface area contributed by atoms with Crippen LogP contribution in [0.25, 0.3) is 0 Å². The zero-order valence-electron chi connectivity index (χ0n) is 11.3. The van der Waals surface area contributed by atoms with Gasteiger partial charge in [-0.15, -0.1) is 23.1 Å². The van der Waals surface area contributed by atoms with Crippen molar-refractivity contribution < 1.29 is 0 Å². The molecule has 1 aromatic carbocycles. The summed E-state index contributed by atoms with van der Waals surface area (Å²) in [6, 6.07) is 13.8. The number of fused-ring (bicyclic) bond motifs is 1. The van der Waals surface area contributed by atoms with Crippen molar-refractivity contribution in [2.45, 2.75) is 30.7 Å². The van der Waals surface area contributed by atoms with Crippen molar-refractivity contribution in [2.24, 2.45) is 0 Å². The standard InChI is InChI=1S/C16H19NS2/c1-3-17-16(15-9-8-11(2)19-15)13-10-18-14-7-5-4-6-12(13)14/h4-9,13,16-17H,3,10H2,1-2H3. The van der Waals surface area contributed by atoms with Gasteiger partial charge in [0.1, 0.15) is 0 Å². The zero-order valence-corrected chi connectivity index (χ0v) is 13.0. The number of aryl methyl sites for hydroxylation is 1. The fourth-order valence-corrected chi connectivity index (χ4v) is 5.06. The van der Waals surface area contributed by atoms with Gasteiger partial charge in [-0.25, -0.2) is 0 Å². The van der Waals surface area contributed by atoms with Gasteiger partial charge in [0.2, 0.25) is 0 Å². The average molecular weight is 289 g/mol. The van der Waals surface area contributed by atoms with Crippen molar-refractivity contribution in [1.29, 1.82) is 0 Å².